The second-order valence-electron chi connectivity index (χ2n) is 7.73. The summed E-state index contributed by atoms with van der Waals surface area (Å²) in [6.07, 6.45) is 2.02. The number of nitriles is 1. The van der Waals surface area contributed by atoms with Crippen LogP contribution in [0.1, 0.15) is 36.3 Å². The Hall–Kier alpha value is -2.27. The number of hydrogen-bond donors (Lipinski definition) is 1. The quantitative estimate of drug-likeness (QED) is 0.470. The summed E-state index contributed by atoms with van der Waals surface area (Å²) in [5.41, 5.74) is 9.93. The zero-order valence-corrected chi connectivity index (χ0v) is 21.2. The number of rotatable bonds is 4. The van der Waals surface area contributed by atoms with Crippen molar-refractivity contribution in [2.24, 2.45) is 5.73 Å². The molecule has 0 bridgehead atoms. The van der Waals surface area contributed by atoms with Gasteiger partial charge in [0.15, 0.2) is 5.78 Å². The van der Waals surface area contributed by atoms with E-state index in [1.807, 2.05) is 43.4 Å². The molecule has 8 heteroatoms. The molecule has 32 heavy (non-hydrogen) atoms. The van der Waals surface area contributed by atoms with Gasteiger partial charge in [-0.3, -0.25) is 4.79 Å². The van der Waals surface area contributed by atoms with Crippen molar-refractivity contribution in [2.45, 2.75) is 31.8 Å². The van der Waals surface area contributed by atoms with E-state index in [9.17, 15) is 10.1 Å². The molecule has 2 aromatic carbocycles. The summed E-state index contributed by atoms with van der Waals surface area (Å²) in [6, 6.07) is 13.5. The first-order valence-corrected chi connectivity index (χ1v) is 12.0. The number of hydrogen-bond acceptors (Lipinski definition) is 5. The Kier molecular flexibility index (Phi) is 6.66. The highest BCUT2D eigenvalue weighted by Crippen LogP contribution is 2.47. The molecule has 0 saturated heterocycles. The lowest BCUT2D eigenvalue weighted by molar-refractivity contribution is -0.116. The van der Waals surface area contributed by atoms with Crippen molar-refractivity contribution in [2.75, 3.05) is 7.05 Å². The fraction of sp³-hybridized carbons (Fsp3) is 0.250. The van der Waals surface area contributed by atoms with Crippen LogP contribution in [0.25, 0.3) is 0 Å². The fourth-order valence-corrected chi connectivity index (χ4v) is 5.89. The first-order chi connectivity index (χ1) is 15.3. The smallest absolute Gasteiger partial charge is 0.161 e. The van der Waals surface area contributed by atoms with Crippen LogP contribution in [0.15, 0.2) is 68.0 Å². The summed E-state index contributed by atoms with van der Waals surface area (Å²) in [6.45, 7) is 0.300. The number of benzene rings is 2. The van der Waals surface area contributed by atoms with Crippen molar-refractivity contribution >= 4 is 49.2 Å². The molecule has 0 saturated carbocycles. The van der Waals surface area contributed by atoms with Crippen LogP contribution in [-0.2, 0) is 11.4 Å². The lowest BCUT2D eigenvalue weighted by Crippen LogP contribution is -2.36. The first-order valence-electron chi connectivity index (χ1n) is 10.1. The van der Waals surface area contributed by atoms with E-state index in [4.69, 9.17) is 22.1 Å². The summed E-state index contributed by atoms with van der Waals surface area (Å²) < 4.78 is 7.43. The van der Waals surface area contributed by atoms with Gasteiger partial charge >= 0.3 is 0 Å². The van der Waals surface area contributed by atoms with Crippen LogP contribution >= 0.6 is 43.5 Å². The van der Waals surface area contributed by atoms with Crippen molar-refractivity contribution in [1.82, 2.24) is 4.90 Å². The topological polar surface area (TPSA) is 79.3 Å². The van der Waals surface area contributed by atoms with Gasteiger partial charge in [-0.2, -0.15) is 5.26 Å². The minimum absolute atomic E-state index is 0.0645. The normalized spacial score (nSPS) is 18.5. The molecule has 4 rings (SSSR count). The van der Waals surface area contributed by atoms with Gasteiger partial charge in [0.2, 0.25) is 0 Å². The average Bonchev–Trinajstić information content (AvgIpc) is 2.76. The summed E-state index contributed by atoms with van der Waals surface area (Å²) in [7, 11) is 1.81. The number of nitrogens with two attached hydrogens (primary N) is 1. The van der Waals surface area contributed by atoms with Gasteiger partial charge in [-0.05, 0) is 68.5 Å². The van der Waals surface area contributed by atoms with E-state index in [1.165, 1.54) is 0 Å². The third-order valence-corrected chi connectivity index (χ3v) is 7.40. The predicted octanol–water partition coefficient (Wildman–Crippen LogP) is 6.17. The number of halogens is 3. The van der Waals surface area contributed by atoms with E-state index in [-0.39, 0.29) is 5.78 Å². The minimum atomic E-state index is -0.510. The Morgan fingerprint density at radius 1 is 1.25 bits per heavy atom. The molecule has 1 aliphatic heterocycles. The van der Waals surface area contributed by atoms with Crippen LogP contribution in [0.3, 0.4) is 0 Å². The van der Waals surface area contributed by atoms with Crippen LogP contribution in [0, 0.1) is 11.3 Å². The Morgan fingerprint density at radius 3 is 2.59 bits per heavy atom. The summed E-state index contributed by atoms with van der Waals surface area (Å²) in [4.78, 5) is 14.7. The molecule has 0 radical (unpaired) electrons. The Morgan fingerprint density at radius 2 is 1.94 bits per heavy atom. The van der Waals surface area contributed by atoms with E-state index in [0.29, 0.717) is 49.7 Å². The molecule has 2 N–H and O–H groups in total. The molecule has 164 valence electrons. The third-order valence-electron chi connectivity index (χ3n) is 5.85. The first kappa shape index (κ1) is 22.9. The number of carbonyl (C=O) groups excluding carboxylic acids is 1. The molecular formula is C24H20Br2ClN3O2. The van der Waals surface area contributed by atoms with Crippen molar-refractivity contribution in [3.05, 3.63) is 84.2 Å². The second kappa shape index (κ2) is 9.30. The summed E-state index contributed by atoms with van der Waals surface area (Å²) in [5.74, 6) is 0.553. The van der Waals surface area contributed by atoms with Crippen molar-refractivity contribution in [1.29, 1.82) is 5.26 Å². The second-order valence-corrected chi connectivity index (χ2v) is 9.85. The average molecular weight is 578 g/mol. The van der Waals surface area contributed by atoms with Crippen molar-refractivity contribution < 1.29 is 9.53 Å². The maximum atomic E-state index is 12.9. The lowest BCUT2D eigenvalue weighted by Gasteiger charge is -2.37. The molecular weight excluding hydrogens is 558 g/mol. The van der Waals surface area contributed by atoms with Crippen LogP contribution in [0.2, 0.25) is 5.02 Å². The van der Waals surface area contributed by atoms with E-state index >= 15 is 0 Å². The maximum Gasteiger partial charge on any atom is 0.161 e. The molecule has 2 aromatic rings. The van der Waals surface area contributed by atoms with Gasteiger partial charge in [-0.15, -0.1) is 0 Å². The summed E-state index contributed by atoms with van der Waals surface area (Å²) in [5, 5.41) is 10.5. The molecule has 1 atom stereocenters. The molecule has 1 heterocycles. The van der Waals surface area contributed by atoms with E-state index < -0.39 is 5.92 Å². The maximum absolute atomic E-state index is 12.9. The van der Waals surface area contributed by atoms with Gasteiger partial charge in [0.1, 0.15) is 18.2 Å². The van der Waals surface area contributed by atoms with E-state index in [2.05, 4.69) is 37.9 Å². The highest BCUT2D eigenvalue weighted by molar-refractivity contribution is 9.11. The third kappa shape index (κ3) is 4.07. The zero-order valence-electron chi connectivity index (χ0n) is 17.3. The van der Waals surface area contributed by atoms with Gasteiger partial charge < -0.3 is 15.4 Å². The highest BCUT2D eigenvalue weighted by Gasteiger charge is 2.39. The number of carbonyl (C=O) groups is 1. The van der Waals surface area contributed by atoms with Crippen LogP contribution in [-0.4, -0.2) is 17.7 Å². The molecule has 0 spiro atoms. The standard InChI is InChI=1S/C24H20Br2ClN3O2/c1-30-19-7-4-8-20(31)22(19)21(15(11-28)24(30)29)14-9-16(25)23(17(26)10-14)32-12-13-5-2-3-6-18(13)27/h2-3,5-6,9-10,21H,4,7-8,12,29H2,1H3/t21-/m0/s1. The van der Waals surface area contributed by atoms with Crippen LogP contribution in [0.5, 0.6) is 5.75 Å². The van der Waals surface area contributed by atoms with E-state index in [1.54, 1.807) is 4.90 Å². The van der Waals surface area contributed by atoms with Gasteiger partial charge in [0.25, 0.3) is 0 Å². The molecule has 0 unspecified atom stereocenters. The summed E-state index contributed by atoms with van der Waals surface area (Å²) >= 11 is 13.4. The van der Waals surface area contributed by atoms with Gasteiger partial charge in [-0.25, -0.2) is 0 Å². The number of ketones is 1. The molecule has 5 nitrogen and oxygen atoms in total. The number of nitrogens with zero attached hydrogens (tertiary/aromatic N) is 2. The molecule has 0 amide bonds. The molecule has 0 aromatic heterocycles. The highest BCUT2D eigenvalue weighted by atomic mass is 79.9. The Labute approximate surface area is 208 Å². The van der Waals surface area contributed by atoms with Crippen LogP contribution in [0.4, 0.5) is 0 Å². The van der Waals surface area contributed by atoms with Crippen molar-refractivity contribution in [3.8, 4) is 11.8 Å². The monoisotopic (exact) mass is 575 g/mol. The zero-order chi connectivity index (χ0) is 23.0. The Balaban J connectivity index is 1.74. The van der Waals surface area contributed by atoms with Crippen molar-refractivity contribution in [3.63, 3.8) is 0 Å². The van der Waals surface area contributed by atoms with Gasteiger partial charge in [-0.1, -0.05) is 29.8 Å². The number of ether oxygens (including phenoxy) is 1. The lowest BCUT2D eigenvalue weighted by atomic mass is 9.76. The minimum Gasteiger partial charge on any atom is -0.486 e. The molecule has 0 fully saturated rings. The molecule has 2 aliphatic rings. The fourth-order valence-electron chi connectivity index (χ4n) is 4.25. The largest absolute Gasteiger partial charge is 0.486 e. The van der Waals surface area contributed by atoms with E-state index in [0.717, 1.165) is 29.7 Å². The van der Waals surface area contributed by atoms with Crippen LogP contribution < -0.4 is 10.5 Å². The number of Topliss-reactive ketones (excluding diaryl/α,β-unsaturated/α-hetero) is 1. The van der Waals surface area contributed by atoms with Gasteiger partial charge in [0.05, 0.1) is 26.5 Å². The Bertz CT molecular complexity index is 1190. The number of allylic oxidation sites excluding steroid dienone is 3. The van der Waals surface area contributed by atoms with Gasteiger partial charge in [0, 0.05) is 35.3 Å². The SMILES string of the molecule is CN1C(N)=C(C#N)[C@H](c2cc(Br)c(OCc3ccccc3Cl)c(Br)c2)C2=C1CCCC2=O. The predicted molar refractivity (Wildman–Crippen MR) is 131 cm³/mol. The molecule has 1 aliphatic carbocycles.